The lowest BCUT2D eigenvalue weighted by Gasteiger charge is -2.40. The van der Waals surface area contributed by atoms with Gasteiger partial charge < -0.3 is 0 Å². The standard InChI is InChI=1S/C26H27P/c1-26(2,3)27-24-17-11-10-16-23(24)22(18-20-12-6-4-7-13-20)19-25(27)21-14-8-5-9-15-21/h4-17,19,22H,18H2,1-3H3. The monoisotopic (exact) mass is 370 g/mol. The van der Waals surface area contributed by atoms with Crippen LogP contribution in [0.2, 0.25) is 0 Å². The van der Waals surface area contributed by atoms with E-state index in [9.17, 15) is 0 Å². The maximum atomic E-state index is 2.57. The van der Waals surface area contributed by atoms with Crippen LogP contribution in [0.3, 0.4) is 0 Å². The topological polar surface area (TPSA) is 0 Å². The van der Waals surface area contributed by atoms with Crippen LogP contribution in [0.15, 0.2) is 91.0 Å². The van der Waals surface area contributed by atoms with E-state index in [1.165, 1.54) is 22.0 Å². The van der Waals surface area contributed by atoms with E-state index in [0.717, 1.165) is 6.42 Å². The minimum absolute atomic E-state index is 0.227. The second-order valence-corrected chi connectivity index (χ2v) is 11.3. The van der Waals surface area contributed by atoms with Crippen molar-refractivity contribution in [2.24, 2.45) is 0 Å². The van der Waals surface area contributed by atoms with E-state index in [-0.39, 0.29) is 5.16 Å². The van der Waals surface area contributed by atoms with Gasteiger partial charge in [0.2, 0.25) is 0 Å². The smallest absolute Gasteiger partial charge is 0.00745 e. The normalized spacial score (nSPS) is 19.3. The summed E-state index contributed by atoms with van der Waals surface area (Å²) in [5.41, 5.74) is 4.30. The molecule has 0 radical (unpaired) electrons. The number of hydrogen-bond donors (Lipinski definition) is 0. The first-order valence-corrected chi connectivity index (χ1v) is 11.1. The quantitative estimate of drug-likeness (QED) is 0.437. The molecule has 2 unspecified atom stereocenters. The van der Waals surface area contributed by atoms with E-state index in [2.05, 4.69) is 112 Å². The molecule has 0 N–H and O–H groups in total. The Morgan fingerprint density at radius 3 is 2.00 bits per heavy atom. The maximum absolute atomic E-state index is 2.57. The lowest BCUT2D eigenvalue weighted by molar-refractivity contribution is 0.788. The summed E-state index contributed by atoms with van der Waals surface area (Å²) in [7, 11) is -0.408. The summed E-state index contributed by atoms with van der Waals surface area (Å²) < 4.78 is 0. The predicted molar refractivity (Wildman–Crippen MR) is 120 cm³/mol. The van der Waals surface area contributed by atoms with Crippen LogP contribution in [0.1, 0.15) is 43.4 Å². The molecule has 0 nitrogen and oxygen atoms in total. The molecule has 0 fully saturated rings. The molecule has 1 heterocycles. The largest absolute Gasteiger partial charge is 0.0680 e. The van der Waals surface area contributed by atoms with Gasteiger partial charge in [0.15, 0.2) is 0 Å². The SMILES string of the molecule is CC(C)(C)P1C(c2ccccc2)=CC(Cc2ccccc2)c2ccccc21. The van der Waals surface area contributed by atoms with E-state index in [1.807, 2.05) is 0 Å². The molecule has 27 heavy (non-hydrogen) atoms. The van der Waals surface area contributed by atoms with Gasteiger partial charge in [-0.2, -0.15) is 0 Å². The molecule has 1 heteroatoms. The van der Waals surface area contributed by atoms with E-state index in [0.29, 0.717) is 5.92 Å². The fraction of sp³-hybridized carbons (Fsp3) is 0.231. The van der Waals surface area contributed by atoms with Crippen molar-refractivity contribution in [1.29, 1.82) is 0 Å². The van der Waals surface area contributed by atoms with Gasteiger partial charge in [-0.1, -0.05) is 112 Å². The molecular formula is C26H27P. The fourth-order valence-electron chi connectivity index (χ4n) is 4.08. The molecular weight excluding hydrogens is 343 g/mol. The molecule has 2 atom stereocenters. The van der Waals surface area contributed by atoms with Crippen LogP contribution in [0, 0.1) is 0 Å². The van der Waals surface area contributed by atoms with Gasteiger partial charge in [0.1, 0.15) is 0 Å². The highest BCUT2D eigenvalue weighted by molar-refractivity contribution is 7.77. The molecule has 0 saturated heterocycles. The average molecular weight is 370 g/mol. The van der Waals surface area contributed by atoms with Gasteiger partial charge in [0.05, 0.1) is 0 Å². The van der Waals surface area contributed by atoms with Gasteiger partial charge in [-0.3, -0.25) is 0 Å². The van der Waals surface area contributed by atoms with Crippen LogP contribution in [0.25, 0.3) is 5.31 Å². The van der Waals surface area contributed by atoms with E-state index >= 15 is 0 Å². The molecule has 0 saturated carbocycles. The van der Waals surface area contributed by atoms with Crippen LogP contribution in [-0.4, -0.2) is 5.16 Å². The van der Waals surface area contributed by atoms with Crippen molar-refractivity contribution in [2.45, 2.75) is 38.3 Å². The number of benzene rings is 3. The Bertz CT molecular complexity index is 933. The summed E-state index contributed by atoms with van der Waals surface area (Å²) in [4.78, 5) is 0. The van der Waals surface area contributed by atoms with Crippen molar-refractivity contribution < 1.29 is 0 Å². The third-order valence-electron chi connectivity index (χ3n) is 5.22. The Morgan fingerprint density at radius 2 is 1.33 bits per heavy atom. The summed E-state index contributed by atoms with van der Waals surface area (Å²) in [6.07, 6.45) is 3.63. The highest BCUT2D eigenvalue weighted by atomic mass is 31.1. The molecule has 3 aromatic rings. The Kier molecular flexibility index (Phi) is 5.02. The summed E-state index contributed by atoms with van der Waals surface area (Å²) in [5, 5.41) is 3.32. The number of fused-ring (bicyclic) bond motifs is 1. The predicted octanol–water partition coefficient (Wildman–Crippen LogP) is 6.97. The number of hydrogen-bond acceptors (Lipinski definition) is 0. The van der Waals surface area contributed by atoms with Crippen molar-refractivity contribution >= 4 is 18.5 Å². The minimum Gasteiger partial charge on any atom is -0.0680 e. The Morgan fingerprint density at radius 1 is 0.741 bits per heavy atom. The highest BCUT2D eigenvalue weighted by Gasteiger charge is 2.36. The minimum atomic E-state index is -0.408. The molecule has 0 amide bonds. The van der Waals surface area contributed by atoms with Crippen LogP contribution < -0.4 is 5.30 Å². The number of rotatable bonds is 3. The fourth-order valence-corrected chi connectivity index (χ4v) is 7.26. The second kappa shape index (κ2) is 7.45. The maximum Gasteiger partial charge on any atom is 0.00745 e. The van der Waals surface area contributed by atoms with Crippen molar-refractivity contribution in [3.8, 4) is 0 Å². The lowest BCUT2D eigenvalue weighted by Crippen LogP contribution is -2.27. The molecule has 0 aliphatic carbocycles. The van der Waals surface area contributed by atoms with E-state index in [4.69, 9.17) is 0 Å². The van der Waals surface area contributed by atoms with E-state index in [1.54, 1.807) is 5.30 Å². The van der Waals surface area contributed by atoms with Gasteiger partial charge in [-0.05, 0) is 46.8 Å². The third-order valence-corrected chi connectivity index (χ3v) is 8.34. The van der Waals surface area contributed by atoms with Crippen LogP contribution in [0.4, 0.5) is 0 Å². The first kappa shape index (κ1) is 18.2. The zero-order valence-corrected chi connectivity index (χ0v) is 17.3. The zero-order valence-electron chi connectivity index (χ0n) is 16.4. The van der Waals surface area contributed by atoms with Gasteiger partial charge in [0.25, 0.3) is 0 Å². The summed E-state index contributed by atoms with van der Waals surface area (Å²) in [6.45, 7) is 7.18. The zero-order chi connectivity index (χ0) is 18.9. The van der Waals surface area contributed by atoms with E-state index < -0.39 is 7.92 Å². The molecule has 4 rings (SSSR count). The number of allylic oxidation sites excluding steroid dienone is 1. The second-order valence-electron chi connectivity index (χ2n) is 8.28. The summed E-state index contributed by atoms with van der Waals surface area (Å²) in [5.74, 6) is 0.430. The molecule has 136 valence electrons. The van der Waals surface area contributed by atoms with Crippen LogP contribution in [0.5, 0.6) is 0 Å². The Labute approximate surface area is 164 Å². The third kappa shape index (κ3) is 3.78. The van der Waals surface area contributed by atoms with Gasteiger partial charge >= 0.3 is 0 Å². The first-order chi connectivity index (χ1) is 13.0. The Balaban J connectivity index is 1.86. The van der Waals surface area contributed by atoms with Crippen molar-refractivity contribution in [1.82, 2.24) is 0 Å². The van der Waals surface area contributed by atoms with Crippen molar-refractivity contribution in [3.05, 3.63) is 108 Å². The van der Waals surface area contributed by atoms with Crippen LogP contribution >= 0.6 is 7.92 Å². The summed E-state index contributed by atoms with van der Waals surface area (Å²) >= 11 is 0. The van der Waals surface area contributed by atoms with Gasteiger partial charge in [0, 0.05) is 5.92 Å². The van der Waals surface area contributed by atoms with Crippen molar-refractivity contribution in [3.63, 3.8) is 0 Å². The molecule has 0 spiro atoms. The average Bonchev–Trinajstić information content (AvgIpc) is 2.68. The Hall–Kier alpha value is -2.17. The van der Waals surface area contributed by atoms with Gasteiger partial charge in [-0.25, -0.2) is 0 Å². The highest BCUT2D eigenvalue weighted by Crippen LogP contribution is 2.62. The van der Waals surface area contributed by atoms with Crippen molar-refractivity contribution in [2.75, 3.05) is 0 Å². The molecule has 3 aromatic carbocycles. The van der Waals surface area contributed by atoms with Gasteiger partial charge in [-0.15, -0.1) is 0 Å². The lowest BCUT2D eigenvalue weighted by atomic mass is 9.90. The first-order valence-electron chi connectivity index (χ1n) is 9.74. The van der Waals surface area contributed by atoms with Crippen LogP contribution in [-0.2, 0) is 6.42 Å². The molecule has 1 aliphatic heterocycles. The molecule has 0 aromatic heterocycles. The molecule has 1 aliphatic rings. The summed E-state index contributed by atoms with van der Waals surface area (Å²) in [6, 6.07) is 31.0. The molecule has 0 bridgehead atoms.